The fourth-order valence-electron chi connectivity index (χ4n) is 1.21. The molecule has 7 heteroatoms. The van der Waals surface area contributed by atoms with Gasteiger partial charge in [-0.15, -0.1) is 36.2 Å². The Kier molecular flexibility index (Phi) is 8.79. The van der Waals surface area contributed by atoms with E-state index in [9.17, 15) is 4.79 Å². The van der Waals surface area contributed by atoms with E-state index in [-0.39, 0.29) is 36.1 Å². The van der Waals surface area contributed by atoms with E-state index in [0.29, 0.717) is 18.0 Å². The Morgan fingerprint density at radius 3 is 2.53 bits per heavy atom. The SMILES string of the molecule is CC(C)(C)c1ncsc1C(=O)NCCN.Cl.Cl. The van der Waals surface area contributed by atoms with Crippen LogP contribution in [0.1, 0.15) is 36.1 Å². The molecule has 0 bridgehead atoms. The molecule has 0 aromatic carbocycles. The maximum Gasteiger partial charge on any atom is 0.263 e. The number of thiazole rings is 1. The predicted molar refractivity (Wildman–Crippen MR) is 76.7 cm³/mol. The van der Waals surface area contributed by atoms with Crippen molar-refractivity contribution in [2.75, 3.05) is 13.1 Å². The first-order valence-corrected chi connectivity index (χ1v) is 5.77. The zero-order valence-corrected chi connectivity index (χ0v) is 12.6. The second-order valence-corrected chi connectivity index (χ2v) is 5.18. The number of carbonyl (C=O) groups excluding carboxylic acids is 1. The molecule has 1 heterocycles. The molecule has 0 aliphatic rings. The molecule has 1 aromatic rings. The summed E-state index contributed by atoms with van der Waals surface area (Å²) >= 11 is 1.37. The van der Waals surface area contributed by atoms with Gasteiger partial charge >= 0.3 is 0 Å². The average Bonchev–Trinajstić information content (AvgIpc) is 2.61. The van der Waals surface area contributed by atoms with Crippen LogP contribution in [-0.4, -0.2) is 24.0 Å². The van der Waals surface area contributed by atoms with Gasteiger partial charge in [-0.25, -0.2) is 4.98 Å². The Morgan fingerprint density at radius 2 is 2.06 bits per heavy atom. The quantitative estimate of drug-likeness (QED) is 0.897. The van der Waals surface area contributed by atoms with E-state index in [1.165, 1.54) is 11.3 Å². The van der Waals surface area contributed by atoms with Crippen LogP contribution < -0.4 is 11.1 Å². The molecule has 0 saturated heterocycles. The van der Waals surface area contributed by atoms with E-state index in [1.54, 1.807) is 5.51 Å². The van der Waals surface area contributed by atoms with Crippen molar-refractivity contribution in [1.82, 2.24) is 10.3 Å². The van der Waals surface area contributed by atoms with Crippen molar-refractivity contribution in [3.8, 4) is 0 Å². The summed E-state index contributed by atoms with van der Waals surface area (Å²) in [7, 11) is 0. The van der Waals surface area contributed by atoms with Gasteiger partial charge in [-0.1, -0.05) is 20.8 Å². The summed E-state index contributed by atoms with van der Waals surface area (Å²) in [6, 6.07) is 0. The smallest absolute Gasteiger partial charge is 0.263 e. The fraction of sp³-hybridized carbons (Fsp3) is 0.600. The maximum absolute atomic E-state index is 11.7. The van der Waals surface area contributed by atoms with Crippen molar-refractivity contribution in [2.24, 2.45) is 5.73 Å². The van der Waals surface area contributed by atoms with Gasteiger partial charge in [0.1, 0.15) is 4.88 Å². The monoisotopic (exact) mass is 299 g/mol. The minimum absolute atomic E-state index is 0. The largest absolute Gasteiger partial charge is 0.350 e. The molecule has 1 aromatic heterocycles. The van der Waals surface area contributed by atoms with Crippen LogP contribution in [0, 0.1) is 0 Å². The summed E-state index contributed by atoms with van der Waals surface area (Å²) in [5.74, 6) is -0.0760. The standard InChI is InChI=1S/C10H17N3OS.2ClH/c1-10(2,3)8-7(15-6-13-8)9(14)12-5-4-11;;/h6H,4-5,11H2,1-3H3,(H,12,14);2*1H. The minimum Gasteiger partial charge on any atom is -0.350 e. The van der Waals surface area contributed by atoms with Crippen LogP contribution in [0.4, 0.5) is 0 Å². The Morgan fingerprint density at radius 1 is 1.47 bits per heavy atom. The highest BCUT2D eigenvalue weighted by Crippen LogP contribution is 2.26. The molecular weight excluding hydrogens is 281 g/mol. The van der Waals surface area contributed by atoms with Crippen molar-refractivity contribution < 1.29 is 4.79 Å². The average molecular weight is 300 g/mol. The Bertz CT molecular complexity index is 350. The normalized spacial score (nSPS) is 10.1. The Labute approximate surface area is 118 Å². The summed E-state index contributed by atoms with van der Waals surface area (Å²) in [4.78, 5) is 16.7. The third-order valence-electron chi connectivity index (χ3n) is 1.91. The molecule has 1 rings (SSSR count). The molecule has 100 valence electrons. The maximum atomic E-state index is 11.7. The molecular formula is C10H19Cl2N3OS. The summed E-state index contributed by atoms with van der Waals surface area (Å²) in [5, 5.41) is 2.75. The summed E-state index contributed by atoms with van der Waals surface area (Å²) in [6.45, 7) is 7.08. The summed E-state index contributed by atoms with van der Waals surface area (Å²) in [5.41, 5.74) is 7.78. The van der Waals surface area contributed by atoms with Crippen LogP contribution in [0.15, 0.2) is 5.51 Å². The number of nitrogens with zero attached hydrogens (tertiary/aromatic N) is 1. The number of aromatic nitrogens is 1. The number of amides is 1. The van der Waals surface area contributed by atoms with E-state index in [1.807, 2.05) is 20.8 Å². The molecule has 0 fully saturated rings. The van der Waals surface area contributed by atoms with E-state index < -0.39 is 0 Å². The lowest BCUT2D eigenvalue weighted by Gasteiger charge is -2.17. The number of carbonyl (C=O) groups is 1. The number of halogens is 2. The molecule has 0 radical (unpaired) electrons. The lowest BCUT2D eigenvalue weighted by Crippen LogP contribution is -2.30. The minimum atomic E-state index is -0.102. The zero-order valence-electron chi connectivity index (χ0n) is 10.1. The third kappa shape index (κ3) is 5.21. The van der Waals surface area contributed by atoms with Gasteiger partial charge in [-0.2, -0.15) is 0 Å². The highest BCUT2D eigenvalue weighted by atomic mass is 35.5. The zero-order chi connectivity index (χ0) is 11.5. The Hall–Kier alpha value is -0.360. The van der Waals surface area contributed by atoms with E-state index in [0.717, 1.165) is 5.69 Å². The van der Waals surface area contributed by atoms with Crippen molar-refractivity contribution in [3.63, 3.8) is 0 Å². The van der Waals surface area contributed by atoms with Crippen LogP contribution in [0.2, 0.25) is 0 Å². The Balaban J connectivity index is 0. The molecule has 0 atom stereocenters. The van der Waals surface area contributed by atoms with Crippen LogP contribution >= 0.6 is 36.2 Å². The third-order valence-corrected chi connectivity index (χ3v) is 2.74. The topological polar surface area (TPSA) is 68.0 Å². The number of hydrogen-bond donors (Lipinski definition) is 2. The second-order valence-electron chi connectivity index (χ2n) is 4.32. The van der Waals surface area contributed by atoms with E-state index in [2.05, 4.69) is 10.3 Å². The molecule has 3 N–H and O–H groups in total. The molecule has 0 aliphatic heterocycles. The fourth-order valence-corrected chi connectivity index (χ4v) is 2.12. The highest BCUT2D eigenvalue weighted by molar-refractivity contribution is 7.11. The van der Waals surface area contributed by atoms with Gasteiger partial charge in [0.05, 0.1) is 11.2 Å². The molecule has 0 spiro atoms. The first-order valence-electron chi connectivity index (χ1n) is 4.89. The van der Waals surface area contributed by atoms with Crippen molar-refractivity contribution in [1.29, 1.82) is 0 Å². The summed E-state index contributed by atoms with van der Waals surface area (Å²) < 4.78 is 0. The van der Waals surface area contributed by atoms with Crippen LogP contribution in [0.25, 0.3) is 0 Å². The van der Waals surface area contributed by atoms with Gasteiger partial charge in [-0.3, -0.25) is 4.79 Å². The van der Waals surface area contributed by atoms with Gasteiger partial charge in [0.25, 0.3) is 5.91 Å². The van der Waals surface area contributed by atoms with E-state index in [4.69, 9.17) is 5.73 Å². The molecule has 0 saturated carbocycles. The molecule has 4 nitrogen and oxygen atoms in total. The van der Waals surface area contributed by atoms with Crippen LogP contribution in [0.5, 0.6) is 0 Å². The van der Waals surface area contributed by atoms with Crippen molar-refractivity contribution >= 4 is 42.1 Å². The predicted octanol–water partition coefficient (Wildman–Crippen LogP) is 1.97. The molecule has 0 aliphatic carbocycles. The number of nitrogens with two attached hydrogens (primary N) is 1. The first-order chi connectivity index (χ1) is 6.96. The van der Waals surface area contributed by atoms with Crippen LogP contribution in [-0.2, 0) is 5.41 Å². The second kappa shape index (κ2) is 7.87. The van der Waals surface area contributed by atoms with Gasteiger partial charge in [0.2, 0.25) is 0 Å². The lowest BCUT2D eigenvalue weighted by molar-refractivity contribution is 0.0956. The summed E-state index contributed by atoms with van der Waals surface area (Å²) in [6.07, 6.45) is 0. The van der Waals surface area contributed by atoms with Gasteiger partial charge in [-0.05, 0) is 0 Å². The molecule has 0 unspecified atom stereocenters. The van der Waals surface area contributed by atoms with Gasteiger partial charge in [0.15, 0.2) is 0 Å². The molecule has 17 heavy (non-hydrogen) atoms. The number of rotatable bonds is 3. The number of nitrogens with one attached hydrogen (secondary N) is 1. The van der Waals surface area contributed by atoms with Crippen LogP contribution in [0.3, 0.4) is 0 Å². The highest BCUT2D eigenvalue weighted by Gasteiger charge is 2.24. The lowest BCUT2D eigenvalue weighted by atomic mass is 9.91. The van der Waals surface area contributed by atoms with Crippen molar-refractivity contribution in [2.45, 2.75) is 26.2 Å². The first kappa shape index (κ1) is 19.0. The van der Waals surface area contributed by atoms with Gasteiger partial charge < -0.3 is 11.1 Å². The number of hydrogen-bond acceptors (Lipinski definition) is 4. The van der Waals surface area contributed by atoms with Crippen molar-refractivity contribution in [3.05, 3.63) is 16.1 Å². The van der Waals surface area contributed by atoms with E-state index >= 15 is 0 Å². The molecule has 1 amide bonds. The van der Waals surface area contributed by atoms with Gasteiger partial charge in [0, 0.05) is 18.5 Å².